The van der Waals surface area contributed by atoms with Crippen LogP contribution in [-0.4, -0.2) is 16.2 Å². The van der Waals surface area contributed by atoms with E-state index >= 15 is 0 Å². The van der Waals surface area contributed by atoms with Gasteiger partial charge in [0.2, 0.25) is 0 Å². The smallest absolute Gasteiger partial charge is 0.408 e. The first-order valence-corrected chi connectivity index (χ1v) is 5.35. The number of halogens is 1. The van der Waals surface area contributed by atoms with E-state index in [-0.39, 0.29) is 18.1 Å². The standard InChI is InChI=1S/C11H10ClNO3/c1-13-8-3-2-7(9(14)4-5-12)6-10(8)16-11(13)15/h2-3,6H,4-5H2,1H3. The van der Waals surface area contributed by atoms with Crippen molar-refractivity contribution in [2.45, 2.75) is 6.42 Å². The molecule has 2 aromatic rings. The summed E-state index contributed by atoms with van der Waals surface area (Å²) >= 11 is 5.50. The second-order valence-electron chi connectivity index (χ2n) is 3.47. The van der Waals surface area contributed by atoms with Crippen molar-refractivity contribution in [3.8, 4) is 0 Å². The largest absolute Gasteiger partial charge is 0.419 e. The van der Waals surface area contributed by atoms with Crippen molar-refractivity contribution in [3.05, 3.63) is 34.3 Å². The number of hydrogen-bond acceptors (Lipinski definition) is 3. The number of aryl methyl sites for hydroxylation is 1. The third kappa shape index (κ3) is 1.76. The molecular formula is C11H10ClNO3. The van der Waals surface area contributed by atoms with Crippen molar-refractivity contribution in [1.29, 1.82) is 0 Å². The minimum Gasteiger partial charge on any atom is -0.408 e. The molecule has 5 heteroatoms. The SMILES string of the molecule is Cn1c(=O)oc2cc(C(=O)CCCl)ccc21. The van der Waals surface area contributed by atoms with Crippen molar-refractivity contribution in [2.75, 3.05) is 5.88 Å². The van der Waals surface area contributed by atoms with Gasteiger partial charge in [-0.3, -0.25) is 9.36 Å². The minimum absolute atomic E-state index is 0.0524. The van der Waals surface area contributed by atoms with Gasteiger partial charge in [-0.15, -0.1) is 11.6 Å². The number of aromatic nitrogens is 1. The first kappa shape index (κ1) is 11.0. The van der Waals surface area contributed by atoms with E-state index in [4.69, 9.17) is 16.0 Å². The monoisotopic (exact) mass is 239 g/mol. The van der Waals surface area contributed by atoms with Crippen LogP contribution in [0.2, 0.25) is 0 Å². The summed E-state index contributed by atoms with van der Waals surface area (Å²) in [4.78, 5) is 22.8. The number of carbonyl (C=O) groups excluding carboxylic acids is 1. The number of benzene rings is 1. The quantitative estimate of drug-likeness (QED) is 0.608. The summed E-state index contributed by atoms with van der Waals surface area (Å²) < 4.78 is 6.38. The van der Waals surface area contributed by atoms with E-state index in [0.29, 0.717) is 16.7 Å². The van der Waals surface area contributed by atoms with Gasteiger partial charge in [0.05, 0.1) is 5.52 Å². The summed E-state index contributed by atoms with van der Waals surface area (Å²) in [6.45, 7) is 0. The van der Waals surface area contributed by atoms with Crippen molar-refractivity contribution in [1.82, 2.24) is 4.57 Å². The number of oxazole rings is 1. The molecule has 0 saturated carbocycles. The summed E-state index contributed by atoms with van der Waals surface area (Å²) in [6, 6.07) is 4.94. The van der Waals surface area contributed by atoms with Gasteiger partial charge in [-0.05, 0) is 18.2 Å². The predicted molar refractivity (Wildman–Crippen MR) is 61.1 cm³/mol. The maximum Gasteiger partial charge on any atom is 0.419 e. The van der Waals surface area contributed by atoms with Crippen molar-refractivity contribution in [2.24, 2.45) is 7.05 Å². The molecule has 1 aromatic carbocycles. The number of ketones is 1. The Labute approximate surface area is 96.4 Å². The van der Waals surface area contributed by atoms with Gasteiger partial charge in [0.15, 0.2) is 11.4 Å². The average Bonchev–Trinajstić information content (AvgIpc) is 2.55. The van der Waals surface area contributed by atoms with E-state index in [0.717, 1.165) is 0 Å². The van der Waals surface area contributed by atoms with Gasteiger partial charge < -0.3 is 4.42 Å². The Hall–Kier alpha value is -1.55. The molecule has 2 rings (SSSR count). The molecular weight excluding hydrogens is 230 g/mol. The first-order valence-electron chi connectivity index (χ1n) is 4.82. The summed E-state index contributed by atoms with van der Waals surface area (Å²) in [7, 11) is 1.62. The molecule has 16 heavy (non-hydrogen) atoms. The lowest BCUT2D eigenvalue weighted by Crippen LogP contribution is -2.08. The van der Waals surface area contributed by atoms with Crippen LogP contribution in [0.3, 0.4) is 0 Å². The highest BCUT2D eigenvalue weighted by Gasteiger charge is 2.10. The molecule has 0 amide bonds. The number of Topliss-reactive ketones (excluding diaryl/α,β-unsaturated/α-hetero) is 1. The van der Waals surface area contributed by atoms with Gasteiger partial charge in [-0.25, -0.2) is 4.79 Å². The molecule has 0 unspecified atom stereocenters. The number of alkyl halides is 1. The van der Waals surface area contributed by atoms with Crippen LogP contribution >= 0.6 is 11.6 Å². The Balaban J connectivity index is 2.52. The maximum atomic E-state index is 11.6. The summed E-state index contributed by atoms with van der Waals surface area (Å²) in [5.74, 6) is -0.198. The Morgan fingerprint density at radius 1 is 1.50 bits per heavy atom. The zero-order valence-corrected chi connectivity index (χ0v) is 9.45. The van der Waals surface area contributed by atoms with Crippen LogP contribution in [0.5, 0.6) is 0 Å². The molecule has 1 aromatic heterocycles. The van der Waals surface area contributed by atoms with E-state index in [1.807, 2.05) is 0 Å². The Morgan fingerprint density at radius 2 is 2.25 bits per heavy atom. The van der Waals surface area contributed by atoms with Gasteiger partial charge in [0, 0.05) is 24.9 Å². The lowest BCUT2D eigenvalue weighted by atomic mass is 10.1. The normalized spacial score (nSPS) is 10.9. The van der Waals surface area contributed by atoms with Crippen LogP contribution in [0, 0.1) is 0 Å². The van der Waals surface area contributed by atoms with Gasteiger partial charge in [0.25, 0.3) is 0 Å². The van der Waals surface area contributed by atoms with E-state index in [9.17, 15) is 9.59 Å². The fraction of sp³-hybridized carbons (Fsp3) is 0.273. The number of nitrogens with zero attached hydrogens (tertiary/aromatic N) is 1. The Kier molecular flexibility index (Phi) is 2.83. The molecule has 0 spiro atoms. The second kappa shape index (κ2) is 4.14. The zero-order chi connectivity index (χ0) is 11.7. The third-order valence-electron chi connectivity index (χ3n) is 2.44. The van der Waals surface area contributed by atoms with Crippen molar-refractivity contribution < 1.29 is 9.21 Å². The molecule has 0 fully saturated rings. The van der Waals surface area contributed by atoms with Gasteiger partial charge in [0.1, 0.15) is 0 Å². The van der Waals surface area contributed by atoms with Gasteiger partial charge in [-0.2, -0.15) is 0 Å². The fourth-order valence-electron chi connectivity index (χ4n) is 1.54. The Bertz CT molecular complexity index is 597. The molecule has 0 bridgehead atoms. The van der Waals surface area contributed by atoms with E-state index < -0.39 is 5.76 Å². The van der Waals surface area contributed by atoms with Crippen LogP contribution in [-0.2, 0) is 7.05 Å². The molecule has 0 aliphatic rings. The molecule has 0 saturated heterocycles. The summed E-state index contributed by atoms with van der Waals surface area (Å²) in [5, 5.41) is 0. The number of rotatable bonds is 3. The minimum atomic E-state index is -0.433. The van der Waals surface area contributed by atoms with E-state index in [1.165, 1.54) is 4.57 Å². The molecule has 1 heterocycles. The van der Waals surface area contributed by atoms with Crippen LogP contribution in [0.1, 0.15) is 16.8 Å². The predicted octanol–water partition coefficient (Wildman–Crippen LogP) is 1.94. The highest BCUT2D eigenvalue weighted by molar-refractivity contribution is 6.19. The summed E-state index contributed by atoms with van der Waals surface area (Å²) in [5.41, 5.74) is 1.61. The highest BCUT2D eigenvalue weighted by Crippen LogP contribution is 2.15. The van der Waals surface area contributed by atoms with Crippen LogP contribution < -0.4 is 5.76 Å². The number of fused-ring (bicyclic) bond motifs is 1. The lowest BCUT2D eigenvalue weighted by Gasteiger charge is -1.98. The molecule has 0 N–H and O–H groups in total. The lowest BCUT2D eigenvalue weighted by molar-refractivity contribution is 0.0989. The zero-order valence-electron chi connectivity index (χ0n) is 8.70. The van der Waals surface area contributed by atoms with Gasteiger partial charge >= 0.3 is 5.76 Å². The molecule has 0 aliphatic carbocycles. The average molecular weight is 240 g/mol. The second-order valence-corrected chi connectivity index (χ2v) is 3.85. The molecule has 0 aliphatic heterocycles. The van der Waals surface area contributed by atoms with Crippen LogP contribution in [0.15, 0.2) is 27.4 Å². The summed E-state index contributed by atoms with van der Waals surface area (Å²) in [6.07, 6.45) is 0.282. The topological polar surface area (TPSA) is 52.2 Å². The van der Waals surface area contributed by atoms with E-state index in [1.54, 1.807) is 25.2 Å². The van der Waals surface area contributed by atoms with Crippen molar-refractivity contribution in [3.63, 3.8) is 0 Å². The highest BCUT2D eigenvalue weighted by atomic mass is 35.5. The fourth-order valence-corrected chi connectivity index (χ4v) is 1.71. The molecule has 84 valence electrons. The molecule has 0 atom stereocenters. The van der Waals surface area contributed by atoms with E-state index in [2.05, 4.69) is 0 Å². The van der Waals surface area contributed by atoms with Crippen molar-refractivity contribution >= 4 is 28.5 Å². The maximum absolute atomic E-state index is 11.6. The van der Waals surface area contributed by atoms with Crippen LogP contribution in [0.4, 0.5) is 0 Å². The Morgan fingerprint density at radius 3 is 2.94 bits per heavy atom. The van der Waals surface area contributed by atoms with Crippen LogP contribution in [0.25, 0.3) is 11.1 Å². The number of hydrogen-bond donors (Lipinski definition) is 0. The third-order valence-corrected chi connectivity index (χ3v) is 2.62. The van der Waals surface area contributed by atoms with Gasteiger partial charge in [-0.1, -0.05) is 0 Å². The molecule has 4 nitrogen and oxygen atoms in total. The first-order chi connectivity index (χ1) is 7.63. The number of carbonyl (C=O) groups is 1. The molecule has 0 radical (unpaired) electrons.